The Balaban J connectivity index is 1.49. The van der Waals surface area contributed by atoms with Gasteiger partial charge in [-0.05, 0) is 62.1 Å². The molecule has 1 fully saturated rings. The van der Waals surface area contributed by atoms with Crippen LogP contribution in [-0.4, -0.2) is 56.4 Å². The molecule has 5 rings (SSSR count). The Morgan fingerprint density at radius 1 is 1.18 bits per heavy atom. The second-order valence-electron chi connectivity index (χ2n) is 8.80. The van der Waals surface area contributed by atoms with Gasteiger partial charge in [0.05, 0.1) is 35.7 Å². The van der Waals surface area contributed by atoms with Gasteiger partial charge in [-0.25, -0.2) is 17.5 Å². The Bertz CT molecular complexity index is 1390. The standard InChI is InChI=1S/C23H25FN6O3S/c1-3-9-29-25-14-22(27-29)34(32,33)28-10-8-18-11-21-17(12-23(18,15-28)16(2)31)13-26-30(21)20-6-4-19(24)5-7-20/h4-7,11,13-14H,3,8-10,12,15H2,1-2H3/t23-/m1/s1. The zero-order valence-electron chi connectivity index (χ0n) is 19.0. The van der Waals surface area contributed by atoms with Gasteiger partial charge in [-0.3, -0.25) is 4.79 Å². The molecule has 11 heteroatoms. The first-order valence-corrected chi connectivity index (χ1v) is 12.6. The van der Waals surface area contributed by atoms with Crippen molar-refractivity contribution in [3.8, 4) is 5.69 Å². The molecular weight excluding hydrogens is 459 g/mol. The second-order valence-corrected chi connectivity index (χ2v) is 10.7. The molecule has 0 unspecified atom stereocenters. The lowest BCUT2D eigenvalue weighted by Crippen LogP contribution is -2.52. The Labute approximate surface area is 196 Å². The fourth-order valence-corrected chi connectivity index (χ4v) is 6.18. The zero-order chi connectivity index (χ0) is 24.1. The zero-order valence-corrected chi connectivity index (χ0v) is 19.8. The van der Waals surface area contributed by atoms with Crippen LogP contribution in [0.4, 0.5) is 4.39 Å². The van der Waals surface area contributed by atoms with Crippen LogP contribution in [0.15, 0.2) is 47.3 Å². The minimum absolute atomic E-state index is 0.0400. The molecule has 0 spiro atoms. The Morgan fingerprint density at radius 2 is 1.94 bits per heavy atom. The molecule has 1 aliphatic carbocycles. The number of Topliss-reactive ketones (excluding diaryl/α,β-unsaturated/α-hetero) is 1. The van der Waals surface area contributed by atoms with Gasteiger partial charge < -0.3 is 0 Å². The van der Waals surface area contributed by atoms with E-state index in [4.69, 9.17) is 0 Å². The van der Waals surface area contributed by atoms with Gasteiger partial charge in [0.1, 0.15) is 11.6 Å². The topological polar surface area (TPSA) is 103 Å². The summed E-state index contributed by atoms with van der Waals surface area (Å²) >= 11 is 0. The molecule has 9 nitrogen and oxygen atoms in total. The summed E-state index contributed by atoms with van der Waals surface area (Å²) in [5.74, 6) is -0.421. The average molecular weight is 485 g/mol. The summed E-state index contributed by atoms with van der Waals surface area (Å²) < 4.78 is 43.1. The highest BCUT2D eigenvalue weighted by Crippen LogP contribution is 2.45. The van der Waals surface area contributed by atoms with E-state index >= 15 is 0 Å². The number of piperidine rings is 1. The number of carbonyl (C=O) groups excluding carboxylic acids is 1. The van der Waals surface area contributed by atoms with E-state index in [1.807, 2.05) is 13.0 Å². The minimum Gasteiger partial charge on any atom is -0.299 e. The van der Waals surface area contributed by atoms with Crippen molar-refractivity contribution in [3.05, 3.63) is 59.3 Å². The van der Waals surface area contributed by atoms with Gasteiger partial charge in [0, 0.05) is 13.1 Å². The molecule has 34 heavy (non-hydrogen) atoms. The molecule has 2 aromatic heterocycles. The van der Waals surface area contributed by atoms with Gasteiger partial charge in [-0.1, -0.05) is 12.5 Å². The highest BCUT2D eigenvalue weighted by molar-refractivity contribution is 7.89. The summed E-state index contributed by atoms with van der Waals surface area (Å²) in [5.41, 5.74) is 2.31. The third-order valence-electron chi connectivity index (χ3n) is 6.67. The van der Waals surface area contributed by atoms with Crippen molar-refractivity contribution in [1.29, 1.82) is 0 Å². The van der Waals surface area contributed by atoms with E-state index in [-0.39, 0.29) is 29.7 Å². The summed E-state index contributed by atoms with van der Waals surface area (Å²) in [6.07, 6.45) is 6.45. The largest absolute Gasteiger partial charge is 0.299 e. The van der Waals surface area contributed by atoms with Gasteiger partial charge >= 0.3 is 0 Å². The summed E-state index contributed by atoms with van der Waals surface area (Å²) in [6, 6.07) is 6.04. The number of aromatic nitrogens is 5. The number of nitrogens with zero attached hydrogens (tertiary/aromatic N) is 6. The van der Waals surface area contributed by atoms with Crippen LogP contribution >= 0.6 is 0 Å². The normalized spacial score (nSPS) is 20.5. The molecule has 0 saturated carbocycles. The van der Waals surface area contributed by atoms with E-state index in [2.05, 4.69) is 15.3 Å². The summed E-state index contributed by atoms with van der Waals surface area (Å²) in [4.78, 5) is 14.4. The molecule has 3 heterocycles. The number of halogens is 1. The maximum absolute atomic E-state index is 13.4. The number of hydrogen-bond acceptors (Lipinski definition) is 6. The predicted molar refractivity (Wildman–Crippen MR) is 122 cm³/mol. The van der Waals surface area contributed by atoms with E-state index in [1.54, 1.807) is 23.0 Å². The number of aryl methyl sites for hydroxylation is 1. The molecule has 0 amide bonds. The lowest BCUT2D eigenvalue weighted by atomic mass is 9.66. The molecule has 0 N–H and O–H groups in total. The smallest absolute Gasteiger partial charge is 0.264 e. The second kappa shape index (κ2) is 8.24. The number of sulfonamides is 1. The van der Waals surface area contributed by atoms with Gasteiger partial charge in [0.2, 0.25) is 5.03 Å². The predicted octanol–water partition coefficient (Wildman–Crippen LogP) is 2.62. The van der Waals surface area contributed by atoms with Crippen molar-refractivity contribution < 1.29 is 17.6 Å². The molecule has 3 aromatic rings. The average Bonchev–Trinajstić information content (AvgIpc) is 3.45. The van der Waals surface area contributed by atoms with Crippen LogP contribution in [0, 0.1) is 11.2 Å². The third kappa shape index (κ3) is 3.59. The maximum atomic E-state index is 13.4. The van der Waals surface area contributed by atoms with E-state index < -0.39 is 15.4 Å². The first-order chi connectivity index (χ1) is 16.2. The molecule has 0 bridgehead atoms. The van der Waals surface area contributed by atoms with Crippen LogP contribution in [0.2, 0.25) is 0 Å². The molecule has 0 radical (unpaired) electrons. The van der Waals surface area contributed by atoms with Crippen LogP contribution < -0.4 is 0 Å². The van der Waals surface area contributed by atoms with Crippen molar-refractivity contribution >= 4 is 21.9 Å². The van der Waals surface area contributed by atoms with Gasteiger partial charge in [0.15, 0.2) is 0 Å². The Morgan fingerprint density at radius 3 is 2.65 bits per heavy atom. The van der Waals surface area contributed by atoms with E-state index in [1.165, 1.54) is 34.4 Å². The highest BCUT2D eigenvalue weighted by atomic mass is 32.2. The SMILES string of the molecule is CCCn1ncc(S(=O)(=O)N2CCC3=Cc4c(cnn4-c4ccc(F)cc4)C[C@]3(C(C)=O)C2)n1. The quantitative estimate of drug-likeness (QED) is 0.533. The van der Waals surface area contributed by atoms with Crippen LogP contribution in [0.3, 0.4) is 0 Å². The van der Waals surface area contributed by atoms with Gasteiger partial charge in [-0.2, -0.15) is 19.3 Å². The summed E-state index contributed by atoms with van der Waals surface area (Å²) in [5, 5.41) is 12.6. The fraction of sp³-hybridized carbons (Fsp3) is 0.391. The Kier molecular flexibility index (Phi) is 5.48. The fourth-order valence-electron chi connectivity index (χ4n) is 4.81. The number of fused-ring (bicyclic) bond motifs is 2. The van der Waals surface area contributed by atoms with Gasteiger partial charge in [-0.15, -0.1) is 5.10 Å². The van der Waals surface area contributed by atoms with E-state index in [9.17, 15) is 17.6 Å². The van der Waals surface area contributed by atoms with Crippen LogP contribution in [0.1, 0.15) is 37.9 Å². The first-order valence-electron chi connectivity index (χ1n) is 11.2. The maximum Gasteiger partial charge on any atom is 0.264 e. The van der Waals surface area contributed by atoms with Crippen molar-refractivity contribution in [3.63, 3.8) is 0 Å². The van der Waals surface area contributed by atoms with Crippen molar-refractivity contribution in [2.24, 2.45) is 5.41 Å². The van der Waals surface area contributed by atoms with E-state index in [0.717, 1.165) is 23.3 Å². The van der Waals surface area contributed by atoms with Crippen molar-refractivity contribution in [2.75, 3.05) is 13.1 Å². The van der Waals surface area contributed by atoms with Crippen molar-refractivity contribution in [2.45, 2.75) is 44.7 Å². The number of rotatable bonds is 6. The van der Waals surface area contributed by atoms with Crippen LogP contribution in [-0.2, 0) is 27.8 Å². The minimum atomic E-state index is -3.90. The lowest BCUT2D eigenvalue weighted by molar-refractivity contribution is -0.125. The number of carbonyl (C=O) groups is 1. The molecule has 2 aliphatic rings. The Hall–Kier alpha value is -3.18. The van der Waals surface area contributed by atoms with E-state index in [0.29, 0.717) is 25.1 Å². The molecule has 1 saturated heterocycles. The highest BCUT2D eigenvalue weighted by Gasteiger charge is 2.49. The van der Waals surface area contributed by atoms with Crippen molar-refractivity contribution in [1.82, 2.24) is 29.1 Å². The summed E-state index contributed by atoms with van der Waals surface area (Å²) in [6.45, 7) is 4.28. The molecule has 1 aromatic carbocycles. The monoisotopic (exact) mass is 484 g/mol. The van der Waals surface area contributed by atoms with Crippen LogP contribution in [0.25, 0.3) is 11.8 Å². The first kappa shape index (κ1) is 22.6. The lowest BCUT2D eigenvalue weighted by Gasteiger charge is -2.44. The number of benzene rings is 1. The van der Waals surface area contributed by atoms with Gasteiger partial charge in [0.25, 0.3) is 10.0 Å². The number of ketones is 1. The third-order valence-corrected chi connectivity index (χ3v) is 8.38. The molecule has 1 atom stereocenters. The number of hydrogen-bond donors (Lipinski definition) is 0. The molecule has 1 aliphatic heterocycles. The van der Waals surface area contributed by atoms with Crippen LogP contribution in [0.5, 0.6) is 0 Å². The molecule has 178 valence electrons. The molecular formula is C23H25FN6O3S. The summed E-state index contributed by atoms with van der Waals surface area (Å²) in [7, 11) is -3.90.